The SMILES string of the molecule is Cc1cc(=O)oc2cc(-c3cn(CCN4CCC[N+](=[Zn])CCN(C)CCC[N-]CC4)nn3)ccc12. The molecule has 1 aliphatic heterocycles. The van der Waals surface area contributed by atoms with Crippen LogP contribution < -0.4 is 5.63 Å². The van der Waals surface area contributed by atoms with E-state index in [9.17, 15) is 4.79 Å². The summed E-state index contributed by atoms with van der Waals surface area (Å²) in [5, 5.41) is 14.4. The van der Waals surface area contributed by atoms with E-state index in [4.69, 9.17) is 9.73 Å². The summed E-state index contributed by atoms with van der Waals surface area (Å²) in [6, 6.07) is 7.37. The van der Waals surface area contributed by atoms with Gasteiger partial charge in [0.2, 0.25) is 0 Å². The third-order valence-electron chi connectivity index (χ3n) is 6.61. The van der Waals surface area contributed by atoms with Gasteiger partial charge in [-0.25, -0.2) is 4.79 Å². The molecule has 0 aliphatic carbocycles. The molecule has 0 saturated carbocycles. The number of fused-ring (bicyclic) bond motifs is 1. The molecule has 1 saturated heterocycles. The van der Waals surface area contributed by atoms with E-state index in [1.807, 2.05) is 36.0 Å². The van der Waals surface area contributed by atoms with E-state index in [-0.39, 0.29) is 5.63 Å². The Morgan fingerprint density at radius 1 is 1.09 bits per heavy atom. The van der Waals surface area contributed by atoms with Gasteiger partial charge in [0.15, 0.2) is 0 Å². The Balaban J connectivity index is 1.36. The van der Waals surface area contributed by atoms with E-state index in [1.54, 1.807) is 0 Å². The second-order valence-corrected chi connectivity index (χ2v) is 11.3. The summed E-state index contributed by atoms with van der Waals surface area (Å²) in [6.45, 7) is 12.1. The van der Waals surface area contributed by atoms with Crippen LogP contribution in [-0.4, -0.2) is 94.0 Å². The van der Waals surface area contributed by atoms with E-state index in [2.05, 4.69) is 30.4 Å². The van der Waals surface area contributed by atoms with Crippen molar-refractivity contribution in [2.45, 2.75) is 26.3 Å². The van der Waals surface area contributed by atoms with Crippen molar-refractivity contribution in [3.63, 3.8) is 0 Å². The van der Waals surface area contributed by atoms with Crippen LogP contribution in [0.5, 0.6) is 0 Å². The second kappa shape index (κ2) is 12.7. The van der Waals surface area contributed by atoms with Gasteiger partial charge in [-0.3, -0.25) is 0 Å². The van der Waals surface area contributed by atoms with Gasteiger partial charge >= 0.3 is 172 Å². The Morgan fingerprint density at radius 2 is 1.97 bits per heavy atom. The van der Waals surface area contributed by atoms with Crippen molar-refractivity contribution in [3.05, 3.63) is 51.8 Å². The molecule has 0 bridgehead atoms. The van der Waals surface area contributed by atoms with Gasteiger partial charge < -0.3 is 4.42 Å². The fourth-order valence-corrected chi connectivity index (χ4v) is 5.20. The van der Waals surface area contributed by atoms with Crippen molar-refractivity contribution in [3.8, 4) is 11.3 Å². The average Bonchev–Trinajstić information content (AvgIpc) is 3.31. The summed E-state index contributed by atoms with van der Waals surface area (Å²) in [5.41, 5.74) is 2.84. The number of hydrogen-bond donors (Lipinski definition) is 0. The summed E-state index contributed by atoms with van der Waals surface area (Å²) in [4.78, 5) is 16.7. The van der Waals surface area contributed by atoms with Gasteiger partial charge in [-0.2, -0.15) is 0 Å². The molecule has 2 aromatic heterocycles. The topological polar surface area (TPSA) is 84.5 Å². The molecule has 0 unspecified atom stereocenters. The quantitative estimate of drug-likeness (QED) is 0.381. The van der Waals surface area contributed by atoms with E-state index in [1.165, 1.54) is 30.6 Å². The normalized spacial score (nSPS) is 18.1. The molecule has 184 valence electrons. The Labute approximate surface area is 216 Å². The zero-order chi connectivity index (χ0) is 24.6. The van der Waals surface area contributed by atoms with E-state index >= 15 is 0 Å². The van der Waals surface area contributed by atoms with Crippen LogP contribution in [0.2, 0.25) is 0 Å². The van der Waals surface area contributed by atoms with E-state index < -0.39 is 0 Å². The molecule has 10 heteroatoms. The van der Waals surface area contributed by atoms with E-state index in [0.29, 0.717) is 5.58 Å². The number of likely N-dealkylation sites (N-methyl/N-ethyl adjacent to an activating group) is 1. The van der Waals surface area contributed by atoms with Crippen LogP contribution >= 0.6 is 0 Å². The van der Waals surface area contributed by atoms with Gasteiger partial charge in [0.25, 0.3) is 0 Å². The average molecular weight is 531 g/mol. The van der Waals surface area contributed by atoms with Crippen LogP contribution in [0.25, 0.3) is 27.5 Å². The molecule has 1 fully saturated rings. The smallest absolute Gasteiger partial charge is 0.0503 e. The first-order chi connectivity index (χ1) is 17.0. The minimum absolute atomic E-state index is 0.333. The number of rotatable bonds is 4. The molecule has 4 rings (SSSR count). The zero-order valence-corrected chi connectivity index (χ0v) is 24.0. The molecular formula is C25H35N7O2Zn. The molecular weight excluding hydrogens is 496 g/mol. The molecule has 0 N–H and O–H groups in total. The Kier molecular flexibility index (Phi) is 9.43. The fourth-order valence-electron chi connectivity index (χ4n) is 4.43. The van der Waals surface area contributed by atoms with Gasteiger partial charge in [0.05, 0.1) is 0 Å². The minimum atomic E-state index is -0.333. The van der Waals surface area contributed by atoms with Crippen molar-refractivity contribution in [1.29, 1.82) is 0 Å². The Bertz CT molecular complexity index is 1190. The standard InChI is InChI=1S/C25H35N7O2.Zn/c1-20-17-25(33)34-24-18-21(5-6-22(20)24)23-19-32(29-28-23)16-15-31-12-4-8-26-9-13-30(2)11-3-7-27-10-14-31;/h5-6,17-19H,3-4,7-16H2,1-2H3;/q-2;+2. The number of benzene rings is 1. The number of aryl methyl sites for hydroxylation is 1. The summed E-state index contributed by atoms with van der Waals surface area (Å²) >= 11 is 1.22. The van der Waals surface area contributed by atoms with Gasteiger partial charge in [0, 0.05) is 11.5 Å². The monoisotopic (exact) mass is 529 g/mol. The van der Waals surface area contributed by atoms with Crippen LogP contribution in [0, 0.1) is 6.92 Å². The van der Waals surface area contributed by atoms with Crippen molar-refractivity contribution >= 4 is 11.0 Å². The zero-order valence-electron chi connectivity index (χ0n) is 21.0. The molecule has 9 nitrogen and oxygen atoms in total. The fraction of sp³-hybridized carbons (Fsp3) is 0.560. The summed E-state index contributed by atoms with van der Waals surface area (Å²) in [6.07, 6.45) is 4.28. The third kappa shape index (κ3) is 7.68. The third-order valence-corrected chi connectivity index (χ3v) is 7.94. The van der Waals surface area contributed by atoms with Gasteiger partial charge in [-0.15, -0.1) is 0 Å². The van der Waals surface area contributed by atoms with Crippen molar-refractivity contribution in [1.82, 2.24) is 24.8 Å². The first-order valence-corrected chi connectivity index (χ1v) is 13.9. The molecule has 1 aliphatic rings. The van der Waals surface area contributed by atoms with Gasteiger partial charge in [0.1, 0.15) is 5.58 Å². The van der Waals surface area contributed by atoms with E-state index in [0.717, 1.165) is 94.1 Å². The minimum Gasteiger partial charge on any atom is -0.0503 e. The number of aromatic nitrogens is 3. The molecule has 3 heterocycles. The molecule has 3 aromatic rings. The van der Waals surface area contributed by atoms with Crippen LogP contribution in [0.4, 0.5) is 0 Å². The van der Waals surface area contributed by atoms with Crippen LogP contribution in [0.15, 0.2) is 39.7 Å². The van der Waals surface area contributed by atoms with Crippen molar-refractivity contribution in [2.24, 2.45) is 0 Å². The van der Waals surface area contributed by atoms with Crippen LogP contribution in [0.1, 0.15) is 18.4 Å². The van der Waals surface area contributed by atoms with Crippen LogP contribution in [-0.2, 0) is 24.7 Å². The first kappa shape index (κ1) is 26.0. The van der Waals surface area contributed by atoms with Crippen molar-refractivity contribution < 1.29 is 25.8 Å². The Morgan fingerprint density at radius 3 is 2.86 bits per heavy atom. The number of nitrogens with zero attached hydrogens (tertiary/aromatic N) is 7. The number of hydrogen-bond acceptors (Lipinski definition) is 6. The van der Waals surface area contributed by atoms with Crippen molar-refractivity contribution in [2.75, 3.05) is 66.0 Å². The predicted molar refractivity (Wildman–Crippen MR) is 132 cm³/mol. The summed E-state index contributed by atoms with van der Waals surface area (Å²) in [5.74, 6) is 0. The molecule has 35 heavy (non-hydrogen) atoms. The molecule has 1 aromatic carbocycles. The maximum absolute atomic E-state index is 11.8. The summed E-state index contributed by atoms with van der Waals surface area (Å²) in [7, 11) is 2.22. The van der Waals surface area contributed by atoms with Gasteiger partial charge in [-0.1, -0.05) is 6.07 Å². The first-order valence-electron chi connectivity index (χ1n) is 12.5. The second-order valence-electron chi connectivity index (χ2n) is 9.47. The molecule has 0 radical (unpaired) electrons. The molecule has 0 atom stereocenters. The Hall–Kier alpha value is -2.13. The molecule has 0 amide bonds. The predicted octanol–water partition coefficient (Wildman–Crippen LogP) is 2.50. The summed E-state index contributed by atoms with van der Waals surface area (Å²) < 4.78 is 9.86. The van der Waals surface area contributed by atoms with Gasteiger partial charge in [-0.05, 0) is 12.5 Å². The maximum atomic E-state index is 11.8. The molecule has 0 spiro atoms. The van der Waals surface area contributed by atoms with Crippen LogP contribution in [0.3, 0.4) is 0 Å².